The van der Waals surface area contributed by atoms with E-state index >= 15 is 0 Å². The maximum absolute atomic E-state index is 13.4. The van der Waals surface area contributed by atoms with Crippen molar-refractivity contribution in [1.29, 1.82) is 0 Å². The average Bonchev–Trinajstić information content (AvgIpc) is 2.21. The Morgan fingerprint density at radius 1 is 1.24 bits per heavy atom. The van der Waals surface area contributed by atoms with Crippen LogP contribution in [0.5, 0.6) is 0 Å². The molecule has 1 nitrogen and oxygen atoms in total. The molecule has 2 rings (SSSR count). The second kappa shape index (κ2) is 4.10. The fraction of sp³-hybridized carbons (Fsp3) is 0.100. The van der Waals surface area contributed by atoms with E-state index in [0.29, 0.717) is 0 Å². The smallest absolute Gasteiger partial charge is 0.242 e. The molecule has 0 bridgehead atoms. The summed E-state index contributed by atoms with van der Waals surface area (Å²) in [6.07, 6.45) is -4.60. The second-order valence-electron chi connectivity index (χ2n) is 3.24. The van der Waals surface area contributed by atoms with E-state index in [-0.39, 0.29) is 20.4 Å². The van der Waals surface area contributed by atoms with Crippen molar-refractivity contribution in [2.75, 3.05) is 0 Å². The van der Waals surface area contributed by atoms with Crippen molar-refractivity contribution in [2.45, 2.75) is 6.18 Å². The van der Waals surface area contributed by atoms with E-state index in [1.807, 2.05) is 0 Å². The molecule has 1 aromatic heterocycles. The van der Waals surface area contributed by atoms with Gasteiger partial charge in [0.05, 0.1) is 15.9 Å². The Labute approximate surface area is 107 Å². The van der Waals surface area contributed by atoms with Crippen LogP contribution in [0.4, 0.5) is 17.6 Å². The van der Waals surface area contributed by atoms with Crippen LogP contribution in [0.3, 0.4) is 0 Å². The van der Waals surface area contributed by atoms with Crippen LogP contribution in [0.1, 0.15) is 5.69 Å². The first-order chi connectivity index (χ1) is 7.80. The number of alkyl halides is 3. The maximum Gasteiger partial charge on any atom is 0.433 e. The summed E-state index contributed by atoms with van der Waals surface area (Å²) in [6, 6.07) is 2.96. The lowest BCUT2D eigenvalue weighted by Crippen LogP contribution is -2.08. The Balaban J connectivity index is 2.87. The summed E-state index contributed by atoms with van der Waals surface area (Å²) >= 11 is 8.59. The number of hydrogen-bond donors (Lipinski definition) is 0. The van der Waals surface area contributed by atoms with Gasteiger partial charge < -0.3 is 0 Å². The zero-order valence-corrected chi connectivity index (χ0v) is 10.3. The molecule has 1 aromatic carbocycles. The summed E-state index contributed by atoms with van der Waals surface area (Å²) in [4.78, 5) is 3.34. The molecule has 7 heteroatoms. The van der Waals surface area contributed by atoms with Crippen LogP contribution >= 0.6 is 27.5 Å². The molecule has 0 fully saturated rings. The first kappa shape index (κ1) is 12.6. The SMILES string of the molecule is Fc1ccc(Cl)c2nc(C(F)(F)F)cc(Br)c12. The highest BCUT2D eigenvalue weighted by Crippen LogP contribution is 2.36. The zero-order valence-electron chi connectivity index (χ0n) is 7.95. The first-order valence-electron chi connectivity index (χ1n) is 4.32. The molecule has 0 spiro atoms. The van der Waals surface area contributed by atoms with Crippen molar-refractivity contribution in [2.24, 2.45) is 0 Å². The highest BCUT2D eigenvalue weighted by molar-refractivity contribution is 9.10. The first-order valence-corrected chi connectivity index (χ1v) is 5.49. The number of rotatable bonds is 0. The molecule has 0 radical (unpaired) electrons. The van der Waals surface area contributed by atoms with Crippen molar-refractivity contribution < 1.29 is 17.6 Å². The Kier molecular flexibility index (Phi) is 3.03. The predicted octanol–water partition coefficient (Wildman–Crippen LogP) is 4.81. The molecule has 2 aromatic rings. The zero-order chi connectivity index (χ0) is 12.8. The number of nitrogens with zero attached hydrogens (tertiary/aromatic N) is 1. The fourth-order valence-electron chi connectivity index (χ4n) is 1.37. The van der Waals surface area contributed by atoms with Gasteiger partial charge in [-0.05, 0) is 34.1 Å². The quantitative estimate of drug-likeness (QED) is 0.633. The minimum atomic E-state index is -4.60. The van der Waals surface area contributed by atoms with Gasteiger partial charge in [0.1, 0.15) is 11.5 Å². The van der Waals surface area contributed by atoms with Crippen molar-refractivity contribution >= 4 is 38.4 Å². The molecular formula is C10H3BrClF4N. The third-order valence-corrected chi connectivity index (χ3v) is 3.03. The Bertz CT molecular complexity index is 597. The van der Waals surface area contributed by atoms with Gasteiger partial charge in [0, 0.05) is 4.47 Å². The summed E-state index contributed by atoms with van der Waals surface area (Å²) in [5.41, 5.74) is -1.34. The van der Waals surface area contributed by atoms with E-state index in [1.165, 1.54) is 6.07 Å². The van der Waals surface area contributed by atoms with Gasteiger partial charge >= 0.3 is 6.18 Å². The van der Waals surface area contributed by atoms with Gasteiger partial charge in [-0.15, -0.1) is 0 Å². The summed E-state index contributed by atoms with van der Waals surface area (Å²) < 4.78 is 50.9. The van der Waals surface area contributed by atoms with Gasteiger partial charge in [-0.1, -0.05) is 11.6 Å². The van der Waals surface area contributed by atoms with Crippen LogP contribution in [-0.2, 0) is 6.18 Å². The molecule has 0 aliphatic heterocycles. The van der Waals surface area contributed by atoms with Crippen LogP contribution in [-0.4, -0.2) is 4.98 Å². The summed E-state index contributed by atoms with van der Waals surface area (Å²) in [6.45, 7) is 0. The molecule has 0 saturated carbocycles. The molecule has 1 heterocycles. The third-order valence-electron chi connectivity index (χ3n) is 2.10. The molecular weight excluding hydrogens is 325 g/mol. The van der Waals surface area contributed by atoms with Crippen molar-refractivity contribution in [3.05, 3.63) is 39.2 Å². The Morgan fingerprint density at radius 2 is 1.88 bits per heavy atom. The van der Waals surface area contributed by atoms with Gasteiger partial charge in [0.2, 0.25) is 0 Å². The highest BCUT2D eigenvalue weighted by atomic mass is 79.9. The van der Waals surface area contributed by atoms with E-state index in [9.17, 15) is 17.6 Å². The minimum absolute atomic E-state index is 0.0326. The fourth-order valence-corrected chi connectivity index (χ4v) is 2.16. The van der Waals surface area contributed by atoms with Gasteiger partial charge in [-0.2, -0.15) is 13.2 Å². The Hall–Kier alpha value is -0.880. The molecule has 90 valence electrons. The van der Waals surface area contributed by atoms with E-state index in [2.05, 4.69) is 20.9 Å². The van der Waals surface area contributed by atoms with Crippen molar-refractivity contribution in [3.8, 4) is 0 Å². The lowest BCUT2D eigenvalue weighted by Gasteiger charge is -2.09. The lowest BCUT2D eigenvalue weighted by molar-refractivity contribution is -0.141. The van der Waals surface area contributed by atoms with Crippen LogP contribution in [0.2, 0.25) is 5.02 Å². The second-order valence-corrected chi connectivity index (χ2v) is 4.50. The van der Waals surface area contributed by atoms with Crippen LogP contribution < -0.4 is 0 Å². The third kappa shape index (κ3) is 2.24. The van der Waals surface area contributed by atoms with E-state index < -0.39 is 17.7 Å². The normalized spacial score (nSPS) is 12.1. The van der Waals surface area contributed by atoms with Gasteiger partial charge in [-0.25, -0.2) is 9.37 Å². The topological polar surface area (TPSA) is 12.9 Å². The van der Waals surface area contributed by atoms with E-state index in [0.717, 1.165) is 12.1 Å². The lowest BCUT2D eigenvalue weighted by atomic mass is 10.2. The number of halogens is 6. The number of aromatic nitrogens is 1. The van der Waals surface area contributed by atoms with Crippen molar-refractivity contribution in [3.63, 3.8) is 0 Å². The maximum atomic E-state index is 13.4. The molecule has 17 heavy (non-hydrogen) atoms. The van der Waals surface area contributed by atoms with Crippen LogP contribution in [0, 0.1) is 5.82 Å². The Morgan fingerprint density at radius 3 is 2.47 bits per heavy atom. The average molecular weight is 328 g/mol. The van der Waals surface area contributed by atoms with Gasteiger partial charge in [0.15, 0.2) is 0 Å². The molecule has 0 aliphatic rings. The molecule has 0 amide bonds. The number of pyridine rings is 1. The van der Waals surface area contributed by atoms with Gasteiger partial charge in [0.25, 0.3) is 0 Å². The van der Waals surface area contributed by atoms with Crippen LogP contribution in [0.15, 0.2) is 22.7 Å². The molecule has 0 N–H and O–H groups in total. The molecule has 0 aliphatic carbocycles. The summed E-state index contributed by atoms with van der Waals surface area (Å²) in [7, 11) is 0. The van der Waals surface area contributed by atoms with Crippen LogP contribution in [0.25, 0.3) is 10.9 Å². The van der Waals surface area contributed by atoms with E-state index in [1.54, 1.807) is 0 Å². The van der Waals surface area contributed by atoms with E-state index in [4.69, 9.17) is 11.6 Å². The summed E-state index contributed by atoms with van der Waals surface area (Å²) in [5, 5.41) is -0.0984. The predicted molar refractivity (Wildman–Crippen MR) is 59.4 cm³/mol. The minimum Gasteiger partial charge on any atom is -0.242 e. The monoisotopic (exact) mass is 327 g/mol. The molecule has 0 atom stereocenters. The molecule has 0 unspecified atom stereocenters. The van der Waals surface area contributed by atoms with Crippen molar-refractivity contribution in [1.82, 2.24) is 4.98 Å². The largest absolute Gasteiger partial charge is 0.433 e. The summed E-state index contributed by atoms with van der Waals surface area (Å²) in [5.74, 6) is -0.683. The standard InChI is InChI=1S/C10H3BrClF4N/c11-4-3-7(10(14,15)16)17-9-5(12)1-2-6(13)8(4)9/h1-3H. The number of hydrogen-bond acceptors (Lipinski definition) is 1. The highest BCUT2D eigenvalue weighted by Gasteiger charge is 2.33. The molecule has 0 saturated heterocycles. The van der Waals surface area contributed by atoms with Gasteiger partial charge in [-0.3, -0.25) is 0 Å². The number of fused-ring (bicyclic) bond motifs is 1. The number of benzene rings is 1.